The summed E-state index contributed by atoms with van der Waals surface area (Å²) in [7, 11) is 3.09. The maximum Gasteiger partial charge on any atom is 0.255 e. The number of carbonyl (C=O) groups is 1. The third-order valence-corrected chi connectivity index (χ3v) is 4.77. The first kappa shape index (κ1) is 20.3. The molecule has 0 aromatic heterocycles. The van der Waals surface area contributed by atoms with Gasteiger partial charge >= 0.3 is 0 Å². The Morgan fingerprint density at radius 2 is 2.23 bits per heavy atom. The van der Waals surface area contributed by atoms with Gasteiger partial charge in [-0.25, -0.2) is 0 Å². The first-order chi connectivity index (χ1) is 12.6. The largest absolute Gasteiger partial charge is 0.493 e. The van der Waals surface area contributed by atoms with Gasteiger partial charge in [0.15, 0.2) is 11.5 Å². The summed E-state index contributed by atoms with van der Waals surface area (Å²) in [5.74, 6) is 0.797. The number of nitrogens with one attached hydrogen (secondary N) is 1. The van der Waals surface area contributed by atoms with Crippen LogP contribution in [0.4, 0.5) is 0 Å². The van der Waals surface area contributed by atoms with Gasteiger partial charge < -0.3 is 19.9 Å². The van der Waals surface area contributed by atoms with E-state index in [1.54, 1.807) is 7.11 Å². The van der Waals surface area contributed by atoms with Gasteiger partial charge in [-0.3, -0.25) is 9.69 Å². The molecular weight excluding hydrogens is 332 g/mol. The Bertz CT molecular complexity index is 618. The number of aliphatic hydroxyl groups is 1. The van der Waals surface area contributed by atoms with Crippen LogP contribution in [0.3, 0.4) is 0 Å². The first-order valence-electron chi connectivity index (χ1n) is 9.13. The maximum atomic E-state index is 12.8. The monoisotopic (exact) mass is 362 g/mol. The molecule has 1 unspecified atom stereocenters. The Balaban J connectivity index is 2.14. The number of likely N-dealkylation sites (tertiary alicyclic amines) is 1. The van der Waals surface area contributed by atoms with E-state index in [-0.39, 0.29) is 12.5 Å². The van der Waals surface area contributed by atoms with Crippen LogP contribution in [-0.4, -0.2) is 62.4 Å². The molecule has 1 atom stereocenters. The Kier molecular flexibility index (Phi) is 7.94. The number of nitrogens with zero attached hydrogens (tertiary/aromatic N) is 1. The second-order valence-electron chi connectivity index (χ2n) is 6.50. The fourth-order valence-electron chi connectivity index (χ4n) is 3.46. The number of aliphatic hydroxyl groups excluding tert-OH is 1. The van der Waals surface area contributed by atoms with Crippen LogP contribution in [0, 0.1) is 0 Å². The van der Waals surface area contributed by atoms with Crippen LogP contribution in [0.2, 0.25) is 0 Å². The molecule has 1 aromatic carbocycles. The van der Waals surface area contributed by atoms with Crippen molar-refractivity contribution in [3.8, 4) is 11.5 Å². The average Bonchev–Trinajstić information content (AvgIpc) is 3.10. The number of carbonyl (C=O) groups excluding carboxylic acids is 1. The lowest BCUT2D eigenvalue weighted by molar-refractivity contribution is 0.0938. The second-order valence-corrected chi connectivity index (χ2v) is 6.50. The fourth-order valence-corrected chi connectivity index (χ4v) is 3.46. The molecule has 2 N–H and O–H groups in total. The van der Waals surface area contributed by atoms with Crippen molar-refractivity contribution in [2.45, 2.75) is 31.7 Å². The van der Waals surface area contributed by atoms with Crippen molar-refractivity contribution in [2.75, 3.05) is 40.5 Å². The van der Waals surface area contributed by atoms with Gasteiger partial charge in [0.1, 0.15) is 0 Å². The Labute approximate surface area is 155 Å². The van der Waals surface area contributed by atoms with Crippen molar-refractivity contribution < 1.29 is 19.4 Å². The van der Waals surface area contributed by atoms with E-state index >= 15 is 0 Å². The van der Waals surface area contributed by atoms with E-state index in [0.29, 0.717) is 42.5 Å². The number of hydrogen-bond donors (Lipinski definition) is 2. The predicted octanol–water partition coefficient (Wildman–Crippen LogP) is 2.01. The summed E-state index contributed by atoms with van der Waals surface area (Å²) < 4.78 is 10.8. The van der Waals surface area contributed by atoms with Crippen molar-refractivity contribution in [1.82, 2.24) is 10.2 Å². The maximum absolute atomic E-state index is 12.8. The lowest BCUT2D eigenvalue weighted by Gasteiger charge is -2.23. The predicted molar refractivity (Wildman–Crippen MR) is 102 cm³/mol. The van der Waals surface area contributed by atoms with E-state index < -0.39 is 0 Å². The Morgan fingerprint density at radius 1 is 1.42 bits per heavy atom. The number of ether oxygens (including phenoxy) is 2. The van der Waals surface area contributed by atoms with Crippen LogP contribution in [0.15, 0.2) is 24.8 Å². The van der Waals surface area contributed by atoms with Gasteiger partial charge in [-0.1, -0.05) is 6.08 Å². The van der Waals surface area contributed by atoms with E-state index in [1.165, 1.54) is 7.11 Å². The molecule has 1 heterocycles. The molecule has 0 aliphatic carbocycles. The summed E-state index contributed by atoms with van der Waals surface area (Å²) in [6, 6.07) is 4.01. The van der Waals surface area contributed by atoms with Crippen molar-refractivity contribution in [1.29, 1.82) is 0 Å². The molecule has 1 fully saturated rings. The number of aryl methyl sites for hydroxylation is 1. The molecule has 1 aliphatic heterocycles. The zero-order valence-electron chi connectivity index (χ0n) is 15.8. The van der Waals surface area contributed by atoms with E-state index in [2.05, 4.69) is 16.8 Å². The molecule has 6 heteroatoms. The molecule has 6 nitrogen and oxygen atoms in total. The highest BCUT2D eigenvalue weighted by Gasteiger charge is 2.25. The van der Waals surface area contributed by atoms with Gasteiger partial charge in [0, 0.05) is 25.7 Å². The molecule has 0 bridgehead atoms. The van der Waals surface area contributed by atoms with Crippen LogP contribution < -0.4 is 14.8 Å². The molecule has 0 saturated carbocycles. The average molecular weight is 362 g/mol. The molecular formula is C20H30N2O4. The third-order valence-electron chi connectivity index (χ3n) is 4.77. The Hall–Kier alpha value is -2.05. The minimum absolute atomic E-state index is 0.108. The van der Waals surface area contributed by atoms with E-state index in [0.717, 1.165) is 31.5 Å². The van der Waals surface area contributed by atoms with Crippen LogP contribution in [0.25, 0.3) is 0 Å². The van der Waals surface area contributed by atoms with Gasteiger partial charge in [-0.2, -0.15) is 0 Å². The molecule has 1 saturated heterocycles. The van der Waals surface area contributed by atoms with Crippen molar-refractivity contribution in [3.63, 3.8) is 0 Å². The summed E-state index contributed by atoms with van der Waals surface area (Å²) in [4.78, 5) is 15.1. The summed E-state index contributed by atoms with van der Waals surface area (Å²) in [5.41, 5.74) is 1.41. The molecule has 2 rings (SSSR count). The highest BCUT2D eigenvalue weighted by Crippen LogP contribution is 2.33. The lowest BCUT2D eigenvalue weighted by atomic mass is 10.0. The van der Waals surface area contributed by atoms with Crippen LogP contribution in [0.1, 0.15) is 35.2 Å². The molecule has 1 amide bonds. The van der Waals surface area contributed by atoms with Gasteiger partial charge in [0.25, 0.3) is 5.91 Å². The van der Waals surface area contributed by atoms with E-state index in [9.17, 15) is 4.79 Å². The third kappa shape index (κ3) is 4.99. The Morgan fingerprint density at radius 3 is 2.88 bits per heavy atom. The molecule has 1 aromatic rings. The van der Waals surface area contributed by atoms with Gasteiger partial charge in [-0.15, -0.1) is 6.58 Å². The van der Waals surface area contributed by atoms with E-state index in [4.69, 9.17) is 14.6 Å². The zero-order chi connectivity index (χ0) is 18.9. The number of methoxy groups -OCH3 is 2. The normalized spacial score (nSPS) is 17.1. The van der Waals surface area contributed by atoms with E-state index in [1.807, 2.05) is 18.2 Å². The summed E-state index contributed by atoms with van der Waals surface area (Å²) in [6.45, 7) is 6.39. The summed E-state index contributed by atoms with van der Waals surface area (Å²) in [5, 5.41) is 12.1. The van der Waals surface area contributed by atoms with Gasteiger partial charge in [0.2, 0.25) is 0 Å². The van der Waals surface area contributed by atoms with Crippen molar-refractivity contribution in [3.05, 3.63) is 35.9 Å². The smallest absolute Gasteiger partial charge is 0.255 e. The highest BCUT2D eigenvalue weighted by atomic mass is 16.5. The molecule has 1 aliphatic rings. The van der Waals surface area contributed by atoms with Gasteiger partial charge in [-0.05, 0) is 49.9 Å². The summed E-state index contributed by atoms with van der Waals surface area (Å²) >= 11 is 0. The van der Waals surface area contributed by atoms with Crippen molar-refractivity contribution in [2.24, 2.45) is 0 Å². The molecule has 0 spiro atoms. The molecule has 144 valence electrons. The second kappa shape index (κ2) is 10.2. The van der Waals surface area contributed by atoms with Gasteiger partial charge in [0.05, 0.1) is 19.8 Å². The first-order valence-corrected chi connectivity index (χ1v) is 9.13. The standard InChI is InChI=1S/C20H30N2O4/c1-4-9-22-10-5-8-16(22)14-21-20(24)17-12-15(7-6-11-23)13-18(25-2)19(17)26-3/h4,12-13,16,23H,1,5-11,14H2,2-3H3,(H,21,24). The fraction of sp³-hybridized carbons (Fsp3) is 0.550. The highest BCUT2D eigenvalue weighted by molar-refractivity contribution is 5.98. The minimum atomic E-state index is -0.170. The molecule has 0 radical (unpaired) electrons. The topological polar surface area (TPSA) is 71.0 Å². The zero-order valence-corrected chi connectivity index (χ0v) is 15.8. The van der Waals surface area contributed by atoms with Crippen molar-refractivity contribution >= 4 is 5.91 Å². The quantitative estimate of drug-likeness (QED) is 0.623. The molecule has 26 heavy (non-hydrogen) atoms. The number of hydrogen-bond acceptors (Lipinski definition) is 5. The van der Waals surface area contributed by atoms with Crippen LogP contribution in [0.5, 0.6) is 11.5 Å². The SMILES string of the molecule is C=CCN1CCCC1CNC(=O)c1cc(CCCO)cc(OC)c1OC. The lowest BCUT2D eigenvalue weighted by Crippen LogP contribution is -2.40. The number of benzene rings is 1. The summed E-state index contributed by atoms with van der Waals surface area (Å²) in [6.07, 6.45) is 5.42. The van der Waals surface area contributed by atoms with Crippen LogP contribution in [-0.2, 0) is 6.42 Å². The minimum Gasteiger partial charge on any atom is -0.493 e. The number of rotatable bonds is 10. The van der Waals surface area contributed by atoms with Crippen LogP contribution >= 0.6 is 0 Å². The number of amides is 1.